The fourth-order valence-electron chi connectivity index (χ4n) is 0.870. The molecule has 0 aromatic rings. The maximum absolute atomic E-state index is 11.2. The van der Waals surface area contributed by atoms with Crippen LogP contribution in [0.2, 0.25) is 0 Å². The number of carbonyl (C=O) groups is 2. The molecule has 0 aliphatic rings. The van der Waals surface area contributed by atoms with Crippen LogP contribution in [0.25, 0.3) is 0 Å². The Morgan fingerprint density at radius 3 is 1.82 bits per heavy atom. The number of esters is 1. The van der Waals surface area contributed by atoms with Crippen molar-refractivity contribution in [2.45, 2.75) is 52.7 Å². The summed E-state index contributed by atoms with van der Waals surface area (Å²) in [7, 11) is 0. The molecule has 0 rings (SSSR count). The molecule has 0 aromatic heterocycles. The van der Waals surface area contributed by atoms with Gasteiger partial charge in [0, 0.05) is 0 Å². The Bertz CT molecular complexity index is 248. The highest BCUT2D eigenvalue weighted by molar-refractivity contribution is 5.73. The Hall–Kier alpha value is -1.30. The molecule has 6 nitrogen and oxygen atoms in total. The summed E-state index contributed by atoms with van der Waals surface area (Å²) in [6, 6.07) is 0. The van der Waals surface area contributed by atoms with Crippen LogP contribution in [0.3, 0.4) is 0 Å². The van der Waals surface area contributed by atoms with Gasteiger partial charge in [0.1, 0.15) is 17.7 Å². The molecule has 0 aliphatic heterocycles. The average Bonchev–Trinajstić information content (AvgIpc) is 1.95. The van der Waals surface area contributed by atoms with Crippen LogP contribution in [0.4, 0.5) is 4.79 Å². The summed E-state index contributed by atoms with van der Waals surface area (Å²) in [4.78, 5) is 22.4. The summed E-state index contributed by atoms with van der Waals surface area (Å²) in [5.41, 5.74) is 3.57. The molecule has 0 atom stereocenters. The van der Waals surface area contributed by atoms with E-state index in [9.17, 15) is 9.59 Å². The van der Waals surface area contributed by atoms with Crippen LogP contribution in [-0.2, 0) is 14.3 Å². The zero-order valence-corrected chi connectivity index (χ0v) is 11.3. The fourth-order valence-corrected chi connectivity index (χ4v) is 0.870. The van der Waals surface area contributed by atoms with Gasteiger partial charge < -0.3 is 9.47 Å². The first kappa shape index (κ1) is 15.7. The summed E-state index contributed by atoms with van der Waals surface area (Å²) in [5.74, 6) is -0.450. The molecule has 100 valence electrons. The summed E-state index contributed by atoms with van der Waals surface area (Å²) in [6.07, 6.45) is -0.638. The number of hydrogen-bond donors (Lipinski definition) is 2. The van der Waals surface area contributed by atoms with Gasteiger partial charge >= 0.3 is 12.1 Å². The Kier molecular flexibility index (Phi) is 5.41. The van der Waals surface area contributed by atoms with E-state index >= 15 is 0 Å². The van der Waals surface area contributed by atoms with Crippen LogP contribution in [0.15, 0.2) is 0 Å². The van der Waals surface area contributed by atoms with Crippen LogP contribution < -0.4 is 10.9 Å². The summed E-state index contributed by atoms with van der Waals surface area (Å²) in [5, 5.41) is 0. The summed E-state index contributed by atoms with van der Waals surface area (Å²) >= 11 is 0. The van der Waals surface area contributed by atoms with Gasteiger partial charge in [0.05, 0.1) is 0 Å². The van der Waals surface area contributed by atoms with Gasteiger partial charge in [0.2, 0.25) is 0 Å². The molecule has 0 spiro atoms. The van der Waals surface area contributed by atoms with Gasteiger partial charge in [-0.25, -0.2) is 10.2 Å². The molecule has 0 fully saturated rings. The highest BCUT2D eigenvalue weighted by Gasteiger charge is 2.18. The third kappa shape index (κ3) is 11.0. The number of carbonyl (C=O) groups excluding carboxylic acids is 2. The molecule has 0 heterocycles. The molecule has 0 bridgehead atoms. The van der Waals surface area contributed by atoms with Gasteiger partial charge in [-0.1, -0.05) is 0 Å². The molecule has 0 aliphatic carbocycles. The van der Waals surface area contributed by atoms with Gasteiger partial charge in [-0.15, -0.1) is 0 Å². The Balaban J connectivity index is 3.78. The van der Waals surface area contributed by atoms with Crippen LogP contribution in [0.5, 0.6) is 0 Å². The van der Waals surface area contributed by atoms with E-state index in [0.717, 1.165) is 0 Å². The number of ether oxygens (including phenoxy) is 2. The van der Waals surface area contributed by atoms with E-state index in [2.05, 4.69) is 10.9 Å². The predicted molar refractivity (Wildman–Crippen MR) is 63.2 cm³/mol. The van der Waals surface area contributed by atoms with Crippen LogP contribution in [0, 0.1) is 0 Å². The van der Waals surface area contributed by atoms with Gasteiger partial charge in [-0.05, 0) is 41.5 Å². The lowest BCUT2D eigenvalue weighted by molar-refractivity contribution is -0.153. The van der Waals surface area contributed by atoms with Crippen LogP contribution in [-0.4, -0.2) is 29.8 Å². The second-order valence-electron chi connectivity index (χ2n) is 5.57. The van der Waals surface area contributed by atoms with Crippen molar-refractivity contribution < 1.29 is 19.1 Å². The lowest BCUT2D eigenvalue weighted by Crippen LogP contribution is -2.44. The lowest BCUT2D eigenvalue weighted by Gasteiger charge is -2.21. The minimum Gasteiger partial charge on any atom is -0.459 e. The fraction of sp³-hybridized carbons (Fsp3) is 0.818. The number of nitrogens with one attached hydrogen (secondary N) is 2. The molecule has 17 heavy (non-hydrogen) atoms. The van der Waals surface area contributed by atoms with E-state index in [1.165, 1.54) is 0 Å². The Morgan fingerprint density at radius 1 is 0.941 bits per heavy atom. The second-order valence-corrected chi connectivity index (χ2v) is 5.57. The molecule has 2 N–H and O–H groups in total. The highest BCUT2D eigenvalue weighted by atomic mass is 16.6. The van der Waals surface area contributed by atoms with Crippen molar-refractivity contribution in [2.75, 3.05) is 6.54 Å². The zero-order valence-electron chi connectivity index (χ0n) is 11.3. The van der Waals surface area contributed by atoms with Gasteiger partial charge in [-0.2, -0.15) is 0 Å². The van der Waals surface area contributed by atoms with Crippen molar-refractivity contribution in [2.24, 2.45) is 0 Å². The molecule has 0 aromatic carbocycles. The minimum atomic E-state index is -0.638. The molecule has 0 radical (unpaired) electrons. The van der Waals surface area contributed by atoms with E-state index in [1.54, 1.807) is 41.5 Å². The first-order chi connectivity index (χ1) is 7.49. The smallest absolute Gasteiger partial charge is 0.422 e. The van der Waals surface area contributed by atoms with Gasteiger partial charge in [-0.3, -0.25) is 10.2 Å². The molecule has 0 unspecified atom stereocenters. The van der Waals surface area contributed by atoms with E-state index in [1.807, 2.05) is 0 Å². The molecule has 0 saturated carbocycles. The third-order valence-corrected chi connectivity index (χ3v) is 1.24. The number of hydrazine groups is 1. The van der Waals surface area contributed by atoms with Crippen LogP contribution >= 0.6 is 0 Å². The topological polar surface area (TPSA) is 76.7 Å². The van der Waals surface area contributed by atoms with Crippen molar-refractivity contribution in [3.05, 3.63) is 0 Å². The summed E-state index contributed by atoms with van der Waals surface area (Å²) in [6.45, 7) is 10.4. The first-order valence-corrected chi connectivity index (χ1v) is 5.43. The zero-order chi connectivity index (χ0) is 13.7. The van der Waals surface area contributed by atoms with Crippen molar-refractivity contribution in [3.8, 4) is 0 Å². The van der Waals surface area contributed by atoms with Crippen LogP contribution in [0.1, 0.15) is 41.5 Å². The number of amides is 1. The average molecular weight is 246 g/mol. The second kappa shape index (κ2) is 5.86. The molecule has 6 heteroatoms. The van der Waals surface area contributed by atoms with Crippen molar-refractivity contribution in [1.29, 1.82) is 0 Å². The minimum absolute atomic E-state index is 0.115. The van der Waals surface area contributed by atoms with E-state index < -0.39 is 23.3 Å². The van der Waals surface area contributed by atoms with E-state index in [4.69, 9.17) is 9.47 Å². The normalized spacial score (nSPS) is 11.9. The maximum Gasteiger partial charge on any atom is 0.422 e. The van der Waals surface area contributed by atoms with Gasteiger partial charge in [0.25, 0.3) is 0 Å². The molecular weight excluding hydrogens is 224 g/mol. The maximum atomic E-state index is 11.2. The monoisotopic (exact) mass is 246 g/mol. The summed E-state index contributed by atoms with van der Waals surface area (Å²) < 4.78 is 9.98. The number of rotatable bonds is 3. The first-order valence-electron chi connectivity index (χ1n) is 5.43. The van der Waals surface area contributed by atoms with E-state index in [-0.39, 0.29) is 6.54 Å². The van der Waals surface area contributed by atoms with Crippen molar-refractivity contribution in [1.82, 2.24) is 10.9 Å². The van der Waals surface area contributed by atoms with Crippen molar-refractivity contribution >= 4 is 12.1 Å². The quantitative estimate of drug-likeness (QED) is 0.581. The largest absolute Gasteiger partial charge is 0.459 e. The van der Waals surface area contributed by atoms with E-state index in [0.29, 0.717) is 0 Å². The highest BCUT2D eigenvalue weighted by Crippen LogP contribution is 2.06. The molecule has 0 saturated heterocycles. The Labute approximate surface area is 102 Å². The Morgan fingerprint density at radius 2 is 1.41 bits per heavy atom. The number of hydrogen-bond acceptors (Lipinski definition) is 5. The lowest BCUT2D eigenvalue weighted by atomic mass is 10.2. The predicted octanol–water partition coefficient (Wildman–Crippen LogP) is 1.36. The van der Waals surface area contributed by atoms with Crippen molar-refractivity contribution in [3.63, 3.8) is 0 Å². The SMILES string of the molecule is CC(C)(C)OC(=O)CNNC(=O)OC(C)(C)C. The third-order valence-electron chi connectivity index (χ3n) is 1.24. The standard InChI is InChI=1S/C11H22N2O4/c1-10(2,3)16-8(14)7-12-13-9(15)17-11(4,5)6/h12H,7H2,1-6H3,(H,13,15). The molecular formula is C11H22N2O4. The van der Waals surface area contributed by atoms with Gasteiger partial charge in [0.15, 0.2) is 0 Å². The molecule has 1 amide bonds.